The largest absolute Gasteiger partial charge is 1.00 e. The zero-order valence-electron chi connectivity index (χ0n) is 13.2. The number of halogens is 2. The molecule has 0 aromatic rings. The lowest BCUT2D eigenvalue weighted by atomic mass is 10.1. The average Bonchev–Trinajstić information content (AvgIpc) is 2.29. The predicted octanol–water partition coefficient (Wildman–Crippen LogP) is -5.50. The number of nitrogens with zero attached hydrogens (tertiary/aromatic N) is 2. The van der Waals surface area contributed by atoms with Crippen LogP contribution in [-0.2, 0) is 4.79 Å². The van der Waals surface area contributed by atoms with Crippen LogP contribution >= 0.6 is 0 Å². The Morgan fingerprint density at radius 3 is 2.20 bits per heavy atom. The number of quaternary nitrogens is 2. The molecule has 4 N–H and O–H groups in total. The van der Waals surface area contributed by atoms with Gasteiger partial charge in [-0.05, 0) is 6.42 Å². The molecule has 0 aliphatic carbocycles. The summed E-state index contributed by atoms with van der Waals surface area (Å²) in [5.41, 5.74) is 3.84. The van der Waals surface area contributed by atoms with Gasteiger partial charge in [0.1, 0.15) is 0 Å². The van der Waals surface area contributed by atoms with Crippen molar-refractivity contribution in [2.24, 2.45) is 0 Å². The molecule has 1 amide bonds. The van der Waals surface area contributed by atoms with E-state index in [1.165, 1.54) is 12.8 Å². The highest BCUT2D eigenvalue weighted by atomic mass is 35.5. The van der Waals surface area contributed by atoms with E-state index in [0.717, 1.165) is 35.4 Å². The molecule has 0 bridgehead atoms. The number of likely N-dealkylation sites (N-methyl/N-ethyl adjacent to an activating group) is 1. The van der Waals surface area contributed by atoms with Crippen LogP contribution in [0, 0.1) is 0 Å². The zero-order chi connectivity index (χ0) is 14.2. The van der Waals surface area contributed by atoms with E-state index in [4.69, 9.17) is 0 Å². The lowest BCUT2D eigenvalue weighted by molar-refractivity contribution is -0.870. The van der Waals surface area contributed by atoms with Gasteiger partial charge in [0.15, 0.2) is 6.04 Å². The maximum Gasteiger partial charge on any atom is 0.304 e. The minimum Gasteiger partial charge on any atom is -1.00 e. The molecule has 0 spiro atoms. The van der Waals surface area contributed by atoms with Gasteiger partial charge in [-0.25, -0.2) is 5.06 Å². The van der Waals surface area contributed by atoms with Crippen LogP contribution in [0.5, 0.6) is 0 Å². The lowest BCUT2D eigenvalue weighted by Crippen LogP contribution is -3.00. The fourth-order valence-electron chi connectivity index (χ4n) is 1.66. The Balaban J connectivity index is -0.00000144. The summed E-state index contributed by atoms with van der Waals surface area (Å²) in [6.07, 6.45) is 5.30. The molecule has 0 fully saturated rings. The van der Waals surface area contributed by atoms with Gasteiger partial charge in [-0.3, -0.25) is 10.0 Å². The Hall–Kier alpha value is -0.0700. The van der Waals surface area contributed by atoms with Crippen molar-refractivity contribution in [1.82, 2.24) is 5.06 Å². The van der Waals surface area contributed by atoms with E-state index in [0.29, 0.717) is 6.54 Å². The topological polar surface area (TPSA) is 68.2 Å². The van der Waals surface area contributed by atoms with Crippen LogP contribution in [0.1, 0.15) is 39.0 Å². The van der Waals surface area contributed by atoms with E-state index >= 15 is 0 Å². The van der Waals surface area contributed by atoms with Gasteiger partial charge in [0.05, 0.1) is 34.2 Å². The number of amides is 1. The summed E-state index contributed by atoms with van der Waals surface area (Å²) in [7, 11) is 6.10. The van der Waals surface area contributed by atoms with Crippen molar-refractivity contribution in [3.63, 3.8) is 0 Å². The fourth-order valence-corrected chi connectivity index (χ4v) is 1.66. The average molecular weight is 332 g/mol. The molecule has 0 aromatic heterocycles. The first-order valence-electron chi connectivity index (χ1n) is 6.91. The minimum atomic E-state index is -0.320. The molecule has 20 heavy (non-hydrogen) atoms. The molecular formula is C13H31Cl2N3O2. The van der Waals surface area contributed by atoms with Crippen LogP contribution in [-0.4, -0.2) is 60.9 Å². The Morgan fingerprint density at radius 1 is 1.20 bits per heavy atom. The van der Waals surface area contributed by atoms with Gasteiger partial charge in [0, 0.05) is 6.42 Å². The van der Waals surface area contributed by atoms with E-state index < -0.39 is 0 Å². The summed E-state index contributed by atoms with van der Waals surface area (Å²) < 4.78 is 0.725. The van der Waals surface area contributed by atoms with Gasteiger partial charge >= 0.3 is 5.91 Å². The van der Waals surface area contributed by atoms with Crippen molar-refractivity contribution in [3.05, 3.63) is 0 Å². The summed E-state index contributed by atoms with van der Waals surface area (Å²) in [6, 6.07) is -0.320. The predicted molar refractivity (Wildman–Crippen MR) is 71.8 cm³/mol. The maximum absolute atomic E-state index is 11.8. The Kier molecular flexibility index (Phi) is 15.8. The molecule has 5 nitrogen and oxygen atoms in total. The maximum atomic E-state index is 11.8. The molecule has 0 aromatic carbocycles. The molecule has 7 heteroatoms. The standard InChI is InChI=1S/C13H30N3O2.2ClH/c1-5-6-7-8-9-12(14)13(17)15(18)10-11-16(2,3)4;;/h12,18H,5-11,14H2,1-4H3;2*1H/q+1;;/p-1. The Morgan fingerprint density at radius 2 is 1.75 bits per heavy atom. The third-order valence-corrected chi connectivity index (χ3v) is 2.99. The van der Waals surface area contributed by atoms with Gasteiger partial charge in [-0.15, -0.1) is 0 Å². The van der Waals surface area contributed by atoms with E-state index in [-0.39, 0.29) is 36.8 Å². The van der Waals surface area contributed by atoms with Crippen LogP contribution in [0.2, 0.25) is 0 Å². The summed E-state index contributed by atoms with van der Waals surface area (Å²) in [6.45, 7) is 3.25. The quantitative estimate of drug-likeness (QED) is 0.191. The van der Waals surface area contributed by atoms with Crippen LogP contribution in [0.3, 0.4) is 0 Å². The van der Waals surface area contributed by atoms with Gasteiger partial charge in [0.25, 0.3) is 0 Å². The molecule has 0 saturated heterocycles. The molecule has 0 aliphatic heterocycles. The number of carbonyl (C=O) groups excluding carboxylic acids is 1. The lowest BCUT2D eigenvalue weighted by Gasteiger charge is -2.26. The van der Waals surface area contributed by atoms with Crippen molar-refractivity contribution in [3.8, 4) is 0 Å². The summed E-state index contributed by atoms with van der Waals surface area (Å²) in [5, 5.41) is 10.5. The van der Waals surface area contributed by atoms with E-state index in [1.807, 2.05) is 21.1 Å². The van der Waals surface area contributed by atoms with E-state index in [2.05, 4.69) is 12.7 Å². The van der Waals surface area contributed by atoms with Gasteiger partial charge in [0.2, 0.25) is 0 Å². The van der Waals surface area contributed by atoms with Crippen LogP contribution < -0.4 is 30.5 Å². The summed E-state index contributed by atoms with van der Waals surface area (Å²) >= 11 is 0. The third kappa shape index (κ3) is 12.9. The molecule has 0 radical (unpaired) electrons. The zero-order valence-corrected chi connectivity index (χ0v) is 14.8. The highest BCUT2D eigenvalue weighted by Crippen LogP contribution is 2.05. The van der Waals surface area contributed by atoms with Crippen molar-refractivity contribution in [2.45, 2.75) is 45.1 Å². The number of hydrogen-bond acceptors (Lipinski definition) is 2. The van der Waals surface area contributed by atoms with Crippen molar-refractivity contribution in [1.29, 1.82) is 0 Å². The van der Waals surface area contributed by atoms with Crippen molar-refractivity contribution >= 4 is 5.91 Å². The normalized spacial score (nSPS) is 12.1. The second-order valence-electron chi connectivity index (χ2n) is 6.02. The fraction of sp³-hybridized carbons (Fsp3) is 0.923. The highest BCUT2D eigenvalue weighted by Gasteiger charge is 2.23. The molecular weight excluding hydrogens is 301 g/mol. The first kappa shape index (κ1) is 24.9. The summed E-state index contributed by atoms with van der Waals surface area (Å²) in [5.74, 6) is -0.250. The second kappa shape index (κ2) is 12.7. The van der Waals surface area contributed by atoms with Crippen LogP contribution in [0.15, 0.2) is 0 Å². The molecule has 0 saturated carbocycles. The number of rotatable bonds is 9. The molecule has 1 atom stereocenters. The Labute approximate surface area is 135 Å². The van der Waals surface area contributed by atoms with E-state index in [1.54, 1.807) is 0 Å². The minimum absolute atomic E-state index is 0. The highest BCUT2D eigenvalue weighted by molar-refractivity contribution is 5.79. The van der Waals surface area contributed by atoms with Crippen molar-refractivity contribution in [2.75, 3.05) is 34.2 Å². The smallest absolute Gasteiger partial charge is 0.304 e. The number of unbranched alkanes of at least 4 members (excludes halogenated alkanes) is 3. The molecule has 0 rings (SSSR count). The molecule has 0 heterocycles. The SMILES string of the molecule is CCCCCCC([NH3+])C(=O)N(O)CC[N+](C)(C)C.[Cl-].[Cl-]. The Bertz CT molecular complexity index is 248. The number of carbonyl (C=O) groups is 1. The second-order valence-corrected chi connectivity index (χ2v) is 6.02. The van der Waals surface area contributed by atoms with Gasteiger partial charge in [-0.1, -0.05) is 26.2 Å². The van der Waals surface area contributed by atoms with Crippen LogP contribution in [0.25, 0.3) is 0 Å². The van der Waals surface area contributed by atoms with Crippen LogP contribution in [0.4, 0.5) is 0 Å². The summed E-state index contributed by atoms with van der Waals surface area (Å²) in [4.78, 5) is 11.8. The first-order chi connectivity index (χ1) is 8.28. The van der Waals surface area contributed by atoms with Crippen molar-refractivity contribution < 1.29 is 45.0 Å². The number of hydrogen-bond donors (Lipinski definition) is 2. The first-order valence-corrected chi connectivity index (χ1v) is 6.91. The monoisotopic (exact) mass is 331 g/mol. The number of hydroxylamine groups is 2. The van der Waals surface area contributed by atoms with Gasteiger partial charge in [-0.2, -0.15) is 0 Å². The molecule has 124 valence electrons. The van der Waals surface area contributed by atoms with Gasteiger partial charge < -0.3 is 35.0 Å². The van der Waals surface area contributed by atoms with E-state index in [9.17, 15) is 10.0 Å². The molecule has 0 aliphatic rings. The molecule has 1 unspecified atom stereocenters. The third-order valence-electron chi connectivity index (χ3n) is 2.99.